The lowest BCUT2D eigenvalue weighted by molar-refractivity contribution is -0.140. The Kier molecular flexibility index (Phi) is 7.22. The van der Waals surface area contributed by atoms with Crippen LogP contribution in [0.3, 0.4) is 0 Å². The molecule has 9 nitrogen and oxygen atoms in total. The summed E-state index contributed by atoms with van der Waals surface area (Å²) in [6.07, 6.45) is 0.855. The number of fused-ring (bicyclic) bond motifs is 1. The van der Waals surface area contributed by atoms with E-state index in [1.807, 2.05) is 5.38 Å². The Morgan fingerprint density at radius 1 is 1.10 bits per heavy atom. The van der Waals surface area contributed by atoms with Crippen LogP contribution in [0.1, 0.15) is 38.3 Å². The lowest BCUT2D eigenvalue weighted by atomic mass is 10.1. The zero-order chi connectivity index (χ0) is 28.6. The highest BCUT2D eigenvalue weighted by Gasteiger charge is 2.34. The number of amides is 2. The Morgan fingerprint density at radius 2 is 1.80 bits per heavy atom. The van der Waals surface area contributed by atoms with Crippen LogP contribution in [0.25, 0.3) is 22.4 Å². The van der Waals surface area contributed by atoms with E-state index in [1.165, 1.54) is 41.5 Å². The topological polar surface area (TPSA) is 115 Å². The number of pyridine rings is 1. The maximum absolute atomic E-state index is 13.5. The Morgan fingerprint density at radius 3 is 2.40 bits per heavy atom. The van der Waals surface area contributed by atoms with E-state index in [2.05, 4.69) is 15.9 Å². The predicted octanol–water partition coefficient (Wildman–Crippen LogP) is 4.21. The number of alkyl halides is 3. The van der Waals surface area contributed by atoms with Gasteiger partial charge in [-0.2, -0.15) is 24.5 Å². The number of rotatable bonds is 5. The Labute approximate surface area is 230 Å². The van der Waals surface area contributed by atoms with E-state index in [0.29, 0.717) is 18.7 Å². The van der Waals surface area contributed by atoms with Crippen molar-refractivity contribution in [3.63, 3.8) is 0 Å². The number of carbonyl (C=O) groups excluding carboxylic acids is 2. The van der Waals surface area contributed by atoms with Crippen LogP contribution in [-0.4, -0.2) is 64.9 Å². The normalized spacial score (nSPS) is 14.7. The summed E-state index contributed by atoms with van der Waals surface area (Å²) in [7, 11) is 1.32. The van der Waals surface area contributed by atoms with Gasteiger partial charge in [0.15, 0.2) is 11.5 Å². The van der Waals surface area contributed by atoms with E-state index in [4.69, 9.17) is 21.3 Å². The van der Waals surface area contributed by atoms with E-state index < -0.39 is 23.8 Å². The van der Waals surface area contributed by atoms with Gasteiger partial charge in [-0.15, -0.1) is 6.42 Å². The van der Waals surface area contributed by atoms with Gasteiger partial charge in [-0.05, 0) is 35.7 Å². The molecule has 2 N–H and O–H groups in total. The number of carbonyl (C=O) groups is 2. The van der Waals surface area contributed by atoms with Crippen molar-refractivity contribution in [2.24, 2.45) is 5.73 Å². The van der Waals surface area contributed by atoms with Gasteiger partial charge in [0.25, 0.3) is 11.8 Å². The van der Waals surface area contributed by atoms with Gasteiger partial charge < -0.3 is 24.7 Å². The highest BCUT2D eigenvalue weighted by molar-refractivity contribution is 7.08. The molecule has 1 aliphatic rings. The van der Waals surface area contributed by atoms with E-state index >= 15 is 0 Å². The summed E-state index contributed by atoms with van der Waals surface area (Å²) in [6, 6.07) is 5.68. The standard InChI is InChI=1S/C27H22F3N5O4S/c1-3-18(31)23-22(26(37)35-11-9-34(10-12-35)25(36)15-8-13-40-14-15)33-24(39-23)17-4-6-19(38-2)21-16(17)5-7-20(32-21)27(28,29)30/h1,4-8,13-14,18H,9-12,31H2,2H3. The number of hydrogen-bond acceptors (Lipinski definition) is 8. The number of terminal acetylenes is 1. The minimum atomic E-state index is -4.66. The molecule has 4 heterocycles. The molecule has 1 saturated heterocycles. The summed E-state index contributed by atoms with van der Waals surface area (Å²) in [6.45, 7) is 1.13. The Bertz CT molecular complexity index is 1620. The van der Waals surface area contributed by atoms with Gasteiger partial charge in [0.1, 0.15) is 23.0 Å². The van der Waals surface area contributed by atoms with Crippen molar-refractivity contribution in [2.45, 2.75) is 12.2 Å². The van der Waals surface area contributed by atoms with Crippen LogP contribution < -0.4 is 10.5 Å². The molecule has 206 valence electrons. The van der Waals surface area contributed by atoms with Crippen LogP contribution >= 0.6 is 11.3 Å². The molecule has 0 radical (unpaired) electrons. The van der Waals surface area contributed by atoms with Gasteiger partial charge in [-0.25, -0.2) is 9.97 Å². The molecule has 0 aliphatic carbocycles. The second kappa shape index (κ2) is 10.6. The number of benzene rings is 1. The minimum absolute atomic E-state index is 0.0527. The molecule has 13 heteroatoms. The van der Waals surface area contributed by atoms with Crippen molar-refractivity contribution in [3.05, 3.63) is 63.8 Å². The monoisotopic (exact) mass is 569 g/mol. The van der Waals surface area contributed by atoms with Crippen LogP contribution in [-0.2, 0) is 6.18 Å². The Balaban J connectivity index is 1.48. The number of ether oxygens (including phenoxy) is 1. The third kappa shape index (κ3) is 4.99. The molecule has 1 unspecified atom stereocenters. The second-order valence-electron chi connectivity index (χ2n) is 8.88. The smallest absolute Gasteiger partial charge is 0.433 e. The average Bonchev–Trinajstić information content (AvgIpc) is 3.66. The van der Waals surface area contributed by atoms with Gasteiger partial charge >= 0.3 is 6.18 Å². The van der Waals surface area contributed by atoms with E-state index in [9.17, 15) is 22.8 Å². The second-order valence-corrected chi connectivity index (χ2v) is 9.66. The fourth-order valence-corrected chi connectivity index (χ4v) is 5.05. The summed E-state index contributed by atoms with van der Waals surface area (Å²) in [5.74, 6) is 1.72. The van der Waals surface area contributed by atoms with Crippen LogP contribution in [0.2, 0.25) is 0 Å². The van der Waals surface area contributed by atoms with Crippen LogP contribution in [0.4, 0.5) is 13.2 Å². The third-order valence-electron chi connectivity index (χ3n) is 6.50. The highest BCUT2D eigenvalue weighted by Crippen LogP contribution is 2.37. The molecule has 0 spiro atoms. The van der Waals surface area contributed by atoms with Crippen molar-refractivity contribution in [3.8, 4) is 29.5 Å². The maximum Gasteiger partial charge on any atom is 0.433 e. The number of nitrogens with two attached hydrogens (primary N) is 1. The number of hydrogen-bond donors (Lipinski definition) is 1. The zero-order valence-electron chi connectivity index (χ0n) is 21.1. The number of piperazine rings is 1. The largest absolute Gasteiger partial charge is 0.494 e. The number of halogens is 3. The number of methoxy groups -OCH3 is 1. The van der Waals surface area contributed by atoms with Crippen molar-refractivity contribution in [1.82, 2.24) is 19.8 Å². The summed E-state index contributed by atoms with van der Waals surface area (Å²) >= 11 is 1.43. The molecule has 5 rings (SSSR count). The molecule has 40 heavy (non-hydrogen) atoms. The first-order chi connectivity index (χ1) is 19.1. The van der Waals surface area contributed by atoms with Gasteiger partial charge in [-0.3, -0.25) is 9.59 Å². The molecule has 0 bridgehead atoms. The zero-order valence-corrected chi connectivity index (χ0v) is 21.9. The fourth-order valence-electron chi connectivity index (χ4n) is 4.42. The SMILES string of the molecule is C#CC(N)c1oc(-c2ccc(OC)c3nc(C(F)(F)F)ccc23)nc1C(=O)N1CCN(C(=O)c2ccsc2)CC1. The van der Waals surface area contributed by atoms with Crippen molar-refractivity contribution in [1.29, 1.82) is 0 Å². The molecular formula is C27H22F3N5O4S. The number of oxazole rings is 1. The molecule has 4 aromatic rings. The van der Waals surface area contributed by atoms with Gasteiger partial charge in [0, 0.05) is 42.5 Å². The number of aromatic nitrogens is 2. The van der Waals surface area contributed by atoms with Crippen LogP contribution in [0, 0.1) is 12.3 Å². The fraction of sp³-hybridized carbons (Fsp3) is 0.259. The van der Waals surface area contributed by atoms with Crippen molar-refractivity contribution >= 4 is 34.1 Å². The van der Waals surface area contributed by atoms with Crippen molar-refractivity contribution in [2.75, 3.05) is 33.3 Å². The average molecular weight is 570 g/mol. The van der Waals surface area contributed by atoms with Gasteiger partial charge in [0.05, 0.1) is 12.7 Å². The van der Waals surface area contributed by atoms with E-state index in [0.717, 1.165) is 6.07 Å². The third-order valence-corrected chi connectivity index (χ3v) is 7.18. The summed E-state index contributed by atoms with van der Waals surface area (Å²) < 4.78 is 51.1. The summed E-state index contributed by atoms with van der Waals surface area (Å²) in [5.41, 5.74) is 5.65. The molecule has 1 fully saturated rings. The molecule has 1 aromatic carbocycles. The van der Waals surface area contributed by atoms with Crippen LogP contribution in [0.5, 0.6) is 5.75 Å². The lowest BCUT2D eigenvalue weighted by Gasteiger charge is -2.34. The van der Waals surface area contributed by atoms with E-state index in [-0.39, 0.29) is 58.6 Å². The predicted molar refractivity (Wildman–Crippen MR) is 141 cm³/mol. The Hall–Kier alpha value is -4.41. The highest BCUT2D eigenvalue weighted by atomic mass is 32.1. The van der Waals surface area contributed by atoms with Crippen molar-refractivity contribution < 1.29 is 31.9 Å². The van der Waals surface area contributed by atoms with E-state index in [1.54, 1.807) is 16.3 Å². The molecule has 1 atom stereocenters. The number of nitrogens with zero attached hydrogens (tertiary/aromatic N) is 4. The van der Waals surface area contributed by atoms with Gasteiger partial charge in [-0.1, -0.05) is 5.92 Å². The molecule has 2 amide bonds. The number of thiophene rings is 1. The molecule has 3 aromatic heterocycles. The molecule has 1 aliphatic heterocycles. The van der Waals surface area contributed by atoms with Gasteiger partial charge in [0.2, 0.25) is 5.89 Å². The summed E-state index contributed by atoms with van der Waals surface area (Å²) in [5, 5.41) is 3.85. The first-order valence-electron chi connectivity index (χ1n) is 12.0. The van der Waals surface area contributed by atoms with Crippen LogP contribution in [0.15, 0.2) is 45.5 Å². The first kappa shape index (κ1) is 27.2. The summed E-state index contributed by atoms with van der Waals surface area (Å²) in [4.78, 5) is 37.5. The molecule has 0 saturated carbocycles. The minimum Gasteiger partial charge on any atom is -0.494 e. The molecular weight excluding hydrogens is 547 g/mol. The lowest BCUT2D eigenvalue weighted by Crippen LogP contribution is -2.50. The first-order valence-corrected chi connectivity index (χ1v) is 12.9. The maximum atomic E-state index is 13.5. The quantitative estimate of drug-likeness (QED) is 0.358.